The maximum Gasteiger partial charge on any atom is 0.184 e. The molecule has 0 N–H and O–H groups in total. The minimum absolute atomic E-state index is 0. The molecule has 2 aliphatic rings. The van der Waals surface area contributed by atoms with Crippen molar-refractivity contribution >= 4 is 33.2 Å². The van der Waals surface area contributed by atoms with Crippen LogP contribution in [-0.2, 0) is 36.6 Å². The molecule has 7 heteroatoms. The first kappa shape index (κ1) is 43.9. The van der Waals surface area contributed by atoms with Crippen LogP contribution >= 0.6 is 0 Å². The Morgan fingerprint density at radius 1 is 0.615 bits per heavy atom. The summed E-state index contributed by atoms with van der Waals surface area (Å²) in [5.74, 6) is 2.76. The molecule has 0 fully saturated rings. The smallest absolute Gasteiger partial charge is 0.184 e. The van der Waals surface area contributed by atoms with E-state index < -0.39 is 0 Å². The first-order valence-corrected chi connectivity index (χ1v) is 22.1. The number of pyridine rings is 1. The van der Waals surface area contributed by atoms with Crippen molar-refractivity contribution in [3.05, 3.63) is 199 Å². The fourth-order valence-corrected chi connectivity index (χ4v) is 8.82. The molecule has 8 aromatic rings. The monoisotopic (exact) mass is 1030 g/mol. The molecule has 2 aromatic heterocycles. The Hall–Kier alpha value is -6.36. The van der Waals surface area contributed by atoms with E-state index in [1.807, 2.05) is 30.7 Å². The minimum Gasteiger partial charge on any atom is -0.503 e. The van der Waals surface area contributed by atoms with E-state index in [1.165, 1.54) is 11.1 Å². The van der Waals surface area contributed by atoms with E-state index in [4.69, 9.17) is 14.5 Å². The van der Waals surface area contributed by atoms with Gasteiger partial charge in [-0.05, 0) is 94.3 Å². The molecule has 0 spiro atoms. The first-order valence-electron chi connectivity index (χ1n) is 22.1. The van der Waals surface area contributed by atoms with E-state index in [1.54, 1.807) is 0 Å². The average molecular weight is 1030 g/mol. The number of benzene rings is 6. The summed E-state index contributed by atoms with van der Waals surface area (Å²) in [5.41, 5.74) is 12.5. The molecule has 0 aliphatic carbocycles. The van der Waals surface area contributed by atoms with Gasteiger partial charge in [-0.1, -0.05) is 144 Å². The predicted octanol–water partition coefficient (Wildman–Crippen LogP) is 14.7. The Labute approximate surface area is 398 Å². The van der Waals surface area contributed by atoms with Crippen LogP contribution in [0, 0.1) is 18.8 Å². The Morgan fingerprint density at radius 3 is 1.89 bits per heavy atom. The van der Waals surface area contributed by atoms with Gasteiger partial charge in [0, 0.05) is 55.4 Å². The molecule has 0 unspecified atom stereocenters. The van der Waals surface area contributed by atoms with Gasteiger partial charge >= 0.3 is 0 Å². The van der Waals surface area contributed by atoms with E-state index in [9.17, 15) is 0 Å². The van der Waals surface area contributed by atoms with Gasteiger partial charge in [0.15, 0.2) is 5.88 Å². The average Bonchev–Trinajstić information content (AvgIpc) is 3.97. The SMILES string of the molecule is CC(C)(C)c1ccnc(-n2c3[c-]c(Oc4[c-]c(C5=COC6=C(c7c(-c8ccccc8)cccc7-c7ccccc7)N(C(C)(C)C)[CH-]N56)ccc4)ccc3c3cc(C(C)(C)C)ccc32)c1.[Pt]. The Morgan fingerprint density at radius 2 is 1.25 bits per heavy atom. The predicted molar refractivity (Wildman–Crippen MR) is 261 cm³/mol. The van der Waals surface area contributed by atoms with Crippen molar-refractivity contribution in [3.63, 3.8) is 0 Å². The molecular formula is C58H53N4O2Pt-3. The summed E-state index contributed by atoms with van der Waals surface area (Å²) < 4.78 is 15.6. The molecule has 2 aliphatic heterocycles. The van der Waals surface area contributed by atoms with Crippen LogP contribution < -0.4 is 4.74 Å². The summed E-state index contributed by atoms with van der Waals surface area (Å²) in [6, 6.07) is 56.3. The summed E-state index contributed by atoms with van der Waals surface area (Å²) >= 11 is 0. The molecule has 0 radical (unpaired) electrons. The summed E-state index contributed by atoms with van der Waals surface area (Å²) in [5, 5.41) is 2.25. The van der Waals surface area contributed by atoms with Gasteiger partial charge in [-0.15, -0.1) is 41.3 Å². The van der Waals surface area contributed by atoms with Crippen LogP contribution in [0.2, 0.25) is 0 Å². The summed E-state index contributed by atoms with van der Waals surface area (Å²) in [6.07, 6.45) is 3.74. The van der Waals surface area contributed by atoms with Crippen LogP contribution in [-0.4, -0.2) is 24.9 Å². The molecule has 6 aromatic carbocycles. The number of rotatable bonds is 7. The number of fused-ring (bicyclic) bond motifs is 4. The fraction of sp³-hybridized carbons (Fsp3) is 0.207. The normalized spacial score (nSPS) is 14.1. The summed E-state index contributed by atoms with van der Waals surface area (Å²) in [6.45, 7) is 22.3. The fourth-order valence-electron chi connectivity index (χ4n) is 8.82. The molecule has 0 bridgehead atoms. The Bertz CT molecular complexity index is 3090. The van der Waals surface area contributed by atoms with Crippen LogP contribution in [0.5, 0.6) is 11.5 Å². The van der Waals surface area contributed by atoms with E-state index in [-0.39, 0.29) is 37.4 Å². The number of hydrogen-bond donors (Lipinski definition) is 0. The third-order valence-corrected chi connectivity index (χ3v) is 12.2. The molecule has 330 valence electrons. The van der Waals surface area contributed by atoms with E-state index in [0.717, 1.165) is 78.3 Å². The van der Waals surface area contributed by atoms with E-state index >= 15 is 0 Å². The Balaban J connectivity index is 0.00000533. The number of hydrogen-bond acceptors (Lipinski definition) is 5. The molecule has 65 heavy (non-hydrogen) atoms. The molecule has 6 nitrogen and oxygen atoms in total. The molecule has 4 heterocycles. The number of aromatic nitrogens is 2. The van der Waals surface area contributed by atoms with Crippen LogP contribution in [0.3, 0.4) is 0 Å². The molecule has 0 amide bonds. The summed E-state index contributed by atoms with van der Waals surface area (Å²) in [4.78, 5) is 9.39. The second-order valence-electron chi connectivity index (χ2n) is 19.8. The van der Waals surface area contributed by atoms with Crippen molar-refractivity contribution in [2.24, 2.45) is 0 Å². The van der Waals surface area contributed by atoms with Crippen LogP contribution in [0.1, 0.15) is 84.6 Å². The molecule has 0 atom stereocenters. The van der Waals surface area contributed by atoms with Gasteiger partial charge in [0.2, 0.25) is 0 Å². The van der Waals surface area contributed by atoms with Gasteiger partial charge < -0.3 is 23.8 Å². The molecule has 0 saturated carbocycles. The zero-order chi connectivity index (χ0) is 44.5. The number of ether oxygens (including phenoxy) is 2. The number of nitrogens with zero attached hydrogens (tertiary/aromatic N) is 4. The maximum absolute atomic E-state index is 6.67. The Kier molecular flexibility index (Phi) is 11.2. The van der Waals surface area contributed by atoms with Gasteiger partial charge in [0.1, 0.15) is 5.82 Å². The third-order valence-electron chi connectivity index (χ3n) is 12.2. The summed E-state index contributed by atoms with van der Waals surface area (Å²) in [7, 11) is 0. The van der Waals surface area contributed by atoms with Crippen molar-refractivity contribution in [2.75, 3.05) is 0 Å². The zero-order valence-electron chi connectivity index (χ0n) is 38.4. The van der Waals surface area contributed by atoms with Crippen molar-refractivity contribution in [1.82, 2.24) is 19.4 Å². The van der Waals surface area contributed by atoms with Crippen molar-refractivity contribution in [2.45, 2.75) is 78.7 Å². The standard InChI is InChI=1S/C58H53N4O2.Pt/c1-56(2,3)41-26-29-49-48(33-41)47-28-27-44(35-50(47)62(49)52-34-42(30-31-59-52)57(4,5)6)64-43-23-16-22-40(32-43)51-36-63-55-54(61(37-60(51)55)58(7,8)9)53-45(38-18-12-10-13-19-38)24-17-25-46(53)39-20-14-11-15-21-39;/h10-31,33-34,36-37H,1-9H3;/q-3;. The van der Waals surface area contributed by atoms with Gasteiger partial charge in [-0.3, -0.25) is 0 Å². The van der Waals surface area contributed by atoms with E-state index in [0.29, 0.717) is 11.5 Å². The molecular weight excluding hydrogens is 980 g/mol. The zero-order valence-corrected chi connectivity index (χ0v) is 40.7. The van der Waals surface area contributed by atoms with E-state index in [2.05, 4.69) is 217 Å². The van der Waals surface area contributed by atoms with Gasteiger partial charge in [0.25, 0.3) is 0 Å². The second-order valence-corrected chi connectivity index (χ2v) is 19.8. The second kappa shape index (κ2) is 16.6. The quantitative estimate of drug-likeness (QED) is 0.149. The topological polar surface area (TPSA) is 42.8 Å². The largest absolute Gasteiger partial charge is 0.503 e. The minimum atomic E-state index is -0.289. The van der Waals surface area contributed by atoms with Crippen molar-refractivity contribution in [3.8, 4) is 39.6 Å². The van der Waals surface area contributed by atoms with Crippen LogP contribution in [0.25, 0.3) is 61.3 Å². The molecule has 0 saturated heterocycles. The first-order chi connectivity index (χ1) is 30.6. The van der Waals surface area contributed by atoms with Gasteiger partial charge in [-0.25, -0.2) is 4.98 Å². The van der Waals surface area contributed by atoms with Crippen molar-refractivity contribution in [1.29, 1.82) is 0 Å². The third kappa shape index (κ3) is 8.08. The van der Waals surface area contributed by atoms with Gasteiger partial charge in [0.05, 0.1) is 12.0 Å². The van der Waals surface area contributed by atoms with Crippen LogP contribution in [0.15, 0.2) is 158 Å². The van der Waals surface area contributed by atoms with Crippen LogP contribution in [0.4, 0.5) is 0 Å². The molecule has 10 rings (SSSR count). The van der Waals surface area contributed by atoms with Crippen molar-refractivity contribution < 1.29 is 30.5 Å². The van der Waals surface area contributed by atoms with Gasteiger partial charge in [-0.2, -0.15) is 12.7 Å². The maximum atomic E-state index is 6.67.